The van der Waals surface area contributed by atoms with E-state index in [1.807, 2.05) is 43.3 Å². The van der Waals surface area contributed by atoms with E-state index in [0.29, 0.717) is 28.3 Å². The Hall–Kier alpha value is -4.06. The highest BCUT2D eigenvalue weighted by atomic mass is 16.5. The van der Waals surface area contributed by atoms with Gasteiger partial charge in [-0.3, -0.25) is 9.59 Å². The number of hydrogen-bond acceptors (Lipinski definition) is 4. The number of aromatic nitrogens is 1. The second-order valence-electron chi connectivity index (χ2n) is 7.51. The summed E-state index contributed by atoms with van der Waals surface area (Å²) in [5.41, 5.74) is 3.09. The standard InChI is InChI=1S/C26H24N2O4/c1-17-11-12-18-14-20(25(29)27-22(18)13-17)16-28(23-9-4-5-10-24(23)32-3)26(30)19-7-6-8-21(15-19)31-2/h4-15H,16H2,1-3H3,(H,27,29). The Labute approximate surface area is 186 Å². The molecule has 0 aliphatic rings. The van der Waals surface area contributed by atoms with Gasteiger partial charge in [-0.15, -0.1) is 0 Å². The fraction of sp³-hybridized carbons (Fsp3) is 0.154. The van der Waals surface area contributed by atoms with Crippen molar-refractivity contribution in [1.29, 1.82) is 0 Å². The van der Waals surface area contributed by atoms with Crippen LogP contribution in [-0.4, -0.2) is 25.1 Å². The Morgan fingerprint density at radius 3 is 2.53 bits per heavy atom. The third kappa shape index (κ3) is 4.21. The van der Waals surface area contributed by atoms with E-state index in [2.05, 4.69) is 4.98 Å². The molecule has 0 bridgehead atoms. The lowest BCUT2D eigenvalue weighted by molar-refractivity contribution is 0.0984. The smallest absolute Gasteiger partial charge is 0.258 e. The van der Waals surface area contributed by atoms with E-state index in [0.717, 1.165) is 16.5 Å². The Morgan fingerprint density at radius 2 is 1.75 bits per heavy atom. The number of anilines is 1. The molecule has 6 nitrogen and oxygen atoms in total. The van der Waals surface area contributed by atoms with Crippen LogP contribution in [0.3, 0.4) is 0 Å². The zero-order valence-corrected chi connectivity index (χ0v) is 18.2. The summed E-state index contributed by atoms with van der Waals surface area (Å²) < 4.78 is 10.8. The van der Waals surface area contributed by atoms with Gasteiger partial charge in [0.2, 0.25) is 0 Å². The van der Waals surface area contributed by atoms with Crippen molar-refractivity contribution in [1.82, 2.24) is 4.98 Å². The topological polar surface area (TPSA) is 71.6 Å². The number of nitrogens with one attached hydrogen (secondary N) is 1. The molecule has 4 aromatic rings. The fourth-order valence-corrected chi connectivity index (χ4v) is 3.68. The number of methoxy groups -OCH3 is 2. The van der Waals surface area contributed by atoms with Crippen LogP contribution in [0.2, 0.25) is 0 Å². The highest BCUT2D eigenvalue weighted by molar-refractivity contribution is 6.07. The summed E-state index contributed by atoms with van der Waals surface area (Å²) in [7, 11) is 3.11. The summed E-state index contributed by atoms with van der Waals surface area (Å²) >= 11 is 0. The molecule has 0 aliphatic carbocycles. The second kappa shape index (κ2) is 8.98. The van der Waals surface area contributed by atoms with Crippen molar-refractivity contribution in [3.05, 3.63) is 99.8 Å². The van der Waals surface area contributed by atoms with Crippen LogP contribution < -0.4 is 19.9 Å². The van der Waals surface area contributed by atoms with Gasteiger partial charge in [0.05, 0.1) is 26.5 Å². The lowest BCUT2D eigenvalue weighted by Gasteiger charge is -2.25. The summed E-state index contributed by atoms with van der Waals surface area (Å²) in [5.74, 6) is 0.850. The molecular formula is C26H24N2O4. The van der Waals surface area contributed by atoms with Crippen LogP contribution in [0.25, 0.3) is 10.9 Å². The van der Waals surface area contributed by atoms with Crippen molar-refractivity contribution < 1.29 is 14.3 Å². The van der Waals surface area contributed by atoms with Crippen molar-refractivity contribution in [2.45, 2.75) is 13.5 Å². The Balaban J connectivity index is 1.82. The van der Waals surface area contributed by atoms with Crippen LogP contribution in [0.1, 0.15) is 21.5 Å². The largest absolute Gasteiger partial charge is 0.497 e. The van der Waals surface area contributed by atoms with Crippen molar-refractivity contribution in [3.8, 4) is 11.5 Å². The number of aryl methyl sites for hydroxylation is 1. The van der Waals surface area contributed by atoms with Gasteiger partial charge < -0.3 is 19.4 Å². The molecule has 0 saturated heterocycles. The maximum Gasteiger partial charge on any atom is 0.258 e. The molecule has 1 aromatic heterocycles. The molecule has 162 valence electrons. The number of H-pyrrole nitrogens is 1. The Morgan fingerprint density at radius 1 is 0.938 bits per heavy atom. The van der Waals surface area contributed by atoms with Crippen LogP contribution in [-0.2, 0) is 6.54 Å². The Bertz CT molecular complexity index is 1340. The third-order valence-electron chi connectivity index (χ3n) is 5.34. The average Bonchev–Trinajstić information content (AvgIpc) is 2.82. The number of carbonyl (C=O) groups is 1. The number of para-hydroxylation sites is 2. The van der Waals surface area contributed by atoms with Gasteiger partial charge in [-0.2, -0.15) is 0 Å². The summed E-state index contributed by atoms with van der Waals surface area (Å²) in [6, 6.07) is 21.9. The molecule has 4 rings (SSSR count). The molecule has 1 N–H and O–H groups in total. The first-order valence-corrected chi connectivity index (χ1v) is 10.2. The predicted octanol–water partition coefficient (Wildman–Crippen LogP) is 4.70. The van der Waals surface area contributed by atoms with Crippen molar-refractivity contribution >= 4 is 22.5 Å². The molecule has 0 atom stereocenters. The SMILES string of the molecule is COc1cccc(C(=O)N(Cc2cc3ccc(C)cc3[nH]c2=O)c2ccccc2OC)c1. The van der Waals surface area contributed by atoms with E-state index in [-0.39, 0.29) is 18.0 Å². The molecule has 0 aliphatic heterocycles. The highest BCUT2D eigenvalue weighted by Gasteiger charge is 2.23. The molecule has 1 heterocycles. The predicted molar refractivity (Wildman–Crippen MR) is 126 cm³/mol. The number of amides is 1. The van der Waals surface area contributed by atoms with Crippen molar-refractivity contribution in [3.63, 3.8) is 0 Å². The highest BCUT2D eigenvalue weighted by Crippen LogP contribution is 2.31. The number of ether oxygens (including phenoxy) is 2. The first kappa shape index (κ1) is 21.2. The number of fused-ring (bicyclic) bond motifs is 1. The zero-order chi connectivity index (χ0) is 22.7. The number of carbonyl (C=O) groups excluding carboxylic acids is 1. The van der Waals surface area contributed by atoms with Crippen LogP contribution >= 0.6 is 0 Å². The van der Waals surface area contributed by atoms with E-state index < -0.39 is 0 Å². The van der Waals surface area contributed by atoms with Gasteiger partial charge in [0.15, 0.2) is 0 Å². The molecule has 6 heteroatoms. The van der Waals surface area contributed by atoms with Gasteiger partial charge in [-0.1, -0.05) is 30.3 Å². The summed E-state index contributed by atoms with van der Waals surface area (Å²) in [4.78, 5) is 31.0. The molecule has 0 fully saturated rings. The molecule has 32 heavy (non-hydrogen) atoms. The van der Waals surface area contributed by atoms with E-state index in [1.165, 1.54) is 0 Å². The van der Waals surface area contributed by atoms with Gasteiger partial charge >= 0.3 is 0 Å². The van der Waals surface area contributed by atoms with Gasteiger partial charge in [-0.25, -0.2) is 0 Å². The number of pyridine rings is 1. The molecule has 0 spiro atoms. The normalized spacial score (nSPS) is 10.7. The van der Waals surface area contributed by atoms with Crippen molar-refractivity contribution in [2.75, 3.05) is 19.1 Å². The lowest BCUT2D eigenvalue weighted by Crippen LogP contribution is -2.33. The summed E-state index contributed by atoms with van der Waals surface area (Å²) in [6.45, 7) is 2.05. The minimum Gasteiger partial charge on any atom is -0.497 e. The lowest BCUT2D eigenvalue weighted by atomic mass is 10.1. The van der Waals surface area contributed by atoms with E-state index in [4.69, 9.17) is 9.47 Å². The maximum atomic E-state index is 13.6. The average molecular weight is 428 g/mol. The molecule has 0 radical (unpaired) electrons. The molecule has 3 aromatic carbocycles. The number of nitrogens with zero attached hydrogens (tertiary/aromatic N) is 1. The van der Waals surface area contributed by atoms with Crippen molar-refractivity contribution in [2.24, 2.45) is 0 Å². The monoisotopic (exact) mass is 428 g/mol. The van der Waals surface area contributed by atoms with E-state index >= 15 is 0 Å². The van der Waals surface area contributed by atoms with Gasteiger partial charge in [-0.05, 0) is 60.3 Å². The molecule has 0 unspecified atom stereocenters. The fourth-order valence-electron chi connectivity index (χ4n) is 3.68. The molecule has 1 amide bonds. The number of hydrogen-bond donors (Lipinski definition) is 1. The van der Waals surface area contributed by atoms with Crippen LogP contribution in [0.15, 0.2) is 77.6 Å². The first-order valence-electron chi connectivity index (χ1n) is 10.2. The van der Waals surface area contributed by atoms with Gasteiger partial charge in [0.1, 0.15) is 11.5 Å². The van der Waals surface area contributed by atoms with Crippen LogP contribution in [0.4, 0.5) is 5.69 Å². The third-order valence-corrected chi connectivity index (χ3v) is 5.34. The number of benzene rings is 3. The van der Waals surface area contributed by atoms with E-state index in [1.54, 1.807) is 55.5 Å². The number of aromatic amines is 1. The Kier molecular flexibility index (Phi) is 5.94. The number of rotatable bonds is 6. The van der Waals surface area contributed by atoms with Crippen LogP contribution in [0, 0.1) is 6.92 Å². The molecule has 0 saturated carbocycles. The van der Waals surface area contributed by atoms with Gasteiger partial charge in [0, 0.05) is 16.6 Å². The molecular weight excluding hydrogens is 404 g/mol. The van der Waals surface area contributed by atoms with E-state index in [9.17, 15) is 9.59 Å². The first-order chi connectivity index (χ1) is 15.5. The minimum absolute atomic E-state index is 0.0789. The zero-order valence-electron chi connectivity index (χ0n) is 18.2. The summed E-state index contributed by atoms with van der Waals surface area (Å²) in [6.07, 6.45) is 0. The maximum absolute atomic E-state index is 13.6. The summed E-state index contributed by atoms with van der Waals surface area (Å²) in [5, 5.41) is 0.902. The second-order valence-corrected chi connectivity index (χ2v) is 7.51. The van der Waals surface area contributed by atoms with Crippen LogP contribution in [0.5, 0.6) is 11.5 Å². The van der Waals surface area contributed by atoms with Gasteiger partial charge in [0.25, 0.3) is 11.5 Å². The quantitative estimate of drug-likeness (QED) is 0.483. The minimum atomic E-state index is -0.267.